The molecule has 0 unspecified atom stereocenters. The Hall–Kier alpha value is -0.0197. The monoisotopic (exact) mass is 776 g/mol. The van der Waals surface area contributed by atoms with E-state index in [1.54, 1.807) is 0 Å². The van der Waals surface area contributed by atoms with Crippen LogP contribution in [-0.4, -0.2) is 8.52 Å². The van der Waals surface area contributed by atoms with Crippen LogP contribution in [0.25, 0.3) is 0 Å². The van der Waals surface area contributed by atoms with E-state index in [0.29, 0.717) is 0 Å². The van der Waals surface area contributed by atoms with Crippen molar-refractivity contribution in [3.63, 3.8) is 0 Å². The Balaban J connectivity index is -0.000000140. The molecule has 0 aromatic rings. The molecule has 160 valence electrons. The van der Waals surface area contributed by atoms with Crippen molar-refractivity contribution in [3.8, 4) is 0 Å². The van der Waals surface area contributed by atoms with Crippen molar-refractivity contribution in [1.82, 2.24) is 0 Å². The van der Waals surface area contributed by atoms with Gasteiger partial charge in [0.15, 0.2) is 0 Å². The van der Waals surface area contributed by atoms with Gasteiger partial charge in [0, 0.05) is 0 Å². The molecule has 0 atom stereocenters. The quantitative estimate of drug-likeness (QED) is 0.176. The van der Waals surface area contributed by atoms with Gasteiger partial charge in [-0.1, -0.05) is 13.8 Å². The molecule has 4 aliphatic rings. The minimum atomic E-state index is 0. The van der Waals surface area contributed by atoms with Crippen LogP contribution >= 0.6 is 24.8 Å². The Kier molecular flexibility index (Phi) is 36.0. The molecule has 4 heteroatoms. The Bertz CT molecular complexity index is 583. The summed E-state index contributed by atoms with van der Waals surface area (Å²) in [6.07, 6.45) is 32.4. The molecule has 0 aromatic carbocycles. The molecule has 0 saturated heterocycles. The van der Waals surface area contributed by atoms with E-state index in [9.17, 15) is 0 Å². The van der Waals surface area contributed by atoms with Crippen molar-refractivity contribution in [1.29, 1.82) is 0 Å². The summed E-state index contributed by atoms with van der Waals surface area (Å²) in [4.78, 5) is 0. The van der Waals surface area contributed by atoms with Crippen LogP contribution in [0.15, 0.2) is 70.9 Å². The zero-order valence-electron chi connectivity index (χ0n) is 18.7. The summed E-state index contributed by atoms with van der Waals surface area (Å²) in [5.41, 5.74) is 5.69. The predicted octanol–water partition coefficient (Wildman–Crippen LogP) is 7.56. The third-order valence-electron chi connectivity index (χ3n) is 3.89. The normalized spacial score (nSPS) is 15.2. The summed E-state index contributed by atoms with van der Waals surface area (Å²) in [6.45, 7) is 8.53. The van der Waals surface area contributed by atoms with Crippen molar-refractivity contribution in [2.45, 2.75) is 53.4 Å². The molecule has 0 radical (unpaired) electrons. The first-order chi connectivity index (χ1) is 13.6. The van der Waals surface area contributed by atoms with E-state index in [1.807, 2.05) is 24.3 Å². The van der Waals surface area contributed by atoms with Crippen LogP contribution in [-0.2, 0) is 47.8 Å². The van der Waals surface area contributed by atoms with Gasteiger partial charge in [-0.2, -0.15) is 23.3 Å². The van der Waals surface area contributed by atoms with E-state index in [0.717, 1.165) is 73.5 Å². The predicted molar refractivity (Wildman–Crippen MR) is 133 cm³/mol. The molecule has 0 N–H and O–H groups in total. The van der Waals surface area contributed by atoms with Crippen LogP contribution < -0.4 is 0 Å². The first-order valence-electron chi connectivity index (χ1n) is 9.21. The zero-order chi connectivity index (χ0) is 21.6. The Morgan fingerprint density at radius 3 is 1.03 bits per heavy atom. The van der Waals surface area contributed by atoms with Gasteiger partial charge in [0.2, 0.25) is 0 Å². The van der Waals surface area contributed by atoms with Gasteiger partial charge in [0.1, 0.15) is 0 Å². The molecule has 0 fully saturated rings. The van der Waals surface area contributed by atoms with E-state index in [2.05, 4.69) is 84.8 Å². The average Bonchev–Trinajstić information content (AvgIpc) is 3.54. The fourth-order valence-electron chi connectivity index (χ4n) is 1.92. The third-order valence-corrected chi connectivity index (χ3v) is 3.89. The summed E-state index contributed by atoms with van der Waals surface area (Å²) < 4.78 is 6.78. The van der Waals surface area contributed by atoms with Crippen LogP contribution in [0.2, 0.25) is 0 Å². The van der Waals surface area contributed by atoms with Crippen molar-refractivity contribution >= 4 is 33.3 Å². The van der Waals surface area contributed by atoms with E-state index in [1.165, 1.54) is 22.3 Å². The van der Waals surface area contributed by atoms with Crippen LogP contribution in [0.1, 0.15) is 53.4 Å². The summed E-state index contributed by atoms with van der Waals surface area (Å²) in [6, 6.07) is 0. The maximum atomic E-state index is 3.39. The summed E-state index contributed by atoms with van der Waals surface area (Å²) in [5.74, 6) is 0. The fourth-order valence-corrected chi connectivity index (χ4v) is 1.92. The number of hydrogen-bond acceptors (Lipinski definition) is 0. The fraction of sp³-hybridized carbons (Fsp3) is 0.308. The molecule has 4 aliphatic carbocycles. The van der Waals surface area contributed by atoms with Gasteiger partial charge in [-0.15, -0.1) is 64.3 Å². The summed E-state index contributed by atoms with van der Waals surface area (Å²) in [5, 5.41) is 0. The first-order valence-corrected chi connectivity index (χ1v) is 14.3. The summed E-state index contributed by atoms with van der Waals surface area (Å²) >= 11 is 2.11. The van der Waals surface area contributed by atoms with E-state index >= 15 is 0 Å². The molecule has 30 heavy (non-hydrogen) atoms. The minimum absolute atomic E-state index is 0. The van der Waals surface area contributed by atoms with Gasteiger partial charge in [-0.3, -0.25) is 24.3 Å². The molecular formula is C26H34Cl2Hf2. The molecule has 4 rings (SSSR count). The molecule has 0 amide bonds. The van der Waals surface area contributed by atoms with Gasteiger partial charge in [-0.25, -0.2) is 47.6 Å². The topological polar surface area (TPSA) is 0 Å². The zero-order valence-corrected chi connectivity index (χ0v) is 27.5. The van der Waals surface area contributed by atoms with E-state index < -0.39 is 0 Å². The second-order valence-electron chi connectivity index (χ2n) is 5.98. The van der Waals surface area contributed by atoms with Crippen molar-refractivity contribution < 1.29 is 47.8 Å². The van der Waals surface area contributed by atoms with Crippen LogP contribution in [0, 0.1) is 24.3 Å². The molecule has 0 saturated carbocycles. The first kappa shape index (κ1) is 37.3. The molecule has 0 aromatic heterocycles. The Labute approximate surface area is 227 Å². The van der Waals surface area contributed by atoms with Crippen LogP contribution in [0.3, 0.4) is 0 Å². The van der Waals surface area contributed by atoms with Gasteiger partial charge < -0.3 is 0 Å². The van der Waals surface area contributed by atoms with Crippen LogP contribution in [0.4, 0.5) is 0 Å². The number of halogens is 2. The summed E-state index contributed by atoms with van der Waals surface area (Å²) in [7, 11) is 0. The van der Waals surface area contributed by atoms with Crippen molar-refractivity contribution in [3.05, 3.63) is 95.2 Å². The molecule has 0 bridgehead atoms. The second kappa shape index (κ2) is 29.0. The Morgan fingerprint density at radius 2 is 0.967 bits per heavy atom. The van der Waals surface area contributed by atoms with Crippen molar-refractivity contribution in [2.75, 3.05) is 0 Å². The van der Waals surface area contributed by atoms with Gasteiger partial charge in [0.05, 0.1) is 0 Å². The average molecular weight is 774 g/mol. The maximum absolute atomic E-state index is 3.39. The third kappa shape index (κ3) is 22.7. The molecule has 0 nitrogen and oxygen atoms in total. The molecule has 0 spiro atoms. The standard InChI is InChI=1S/2C7H9.2C5H5.2CH2.2ClH.2Hf/c2*1-6-4-3-5-7(6)2;2*1-2-4-5-3-1;;;;;;/h2*4H,5H2,1-2H3;2*1-3H,4H2;2*1H2;2*1H;;/q4*-1;;;;;2*+2. The number of allylic oxidation sites excluding steroid dienone is 16. The molecule has 0 aliphatic heterocycles. The molecular weight excluding hydrogens is 740 g/mol. The van der Waals surface area contributed by atoms with Crippen molar-refractivity contribution in [2.24, 2.45) is 0 Å². The van der Waals surface area contributed by atoms with Gasteiger partial charge in [0.25, 0.3) is 0 Å². The SMILES string of the molecule is CC1=C(C)C[C-]=C1.CC1=C(C)C[C-]=C1.Cl.Cl.[C-]1=CC=CC1.[C-]1=CC=CC1.[CH2]=[Hf+2].[CH2]=[Hf+2]. The number of hydrogen-bond donors (Lipinski definition) is 0. The molecule has 0 heterocycles. The van der Waals surface area contributed by atoms with E-state index in [-0.39, 0.29) is 24.8 Å². The van der Waals surface area contributed by atoms with Crippen LogP contribution in [0.5, 0.6) is 0 Å². The van der Waals surface area contributed by atoms with E-state index in [4.69, 9.17) is 0 Å². The Morgan fingerprint density at radius 1 is 0.633 bits per heavy atom. The van der Waals surface area contributed by atoms with Gasteiger partial charge in [-0.05, 0) is 0 Å². The second-order valence-corrected chi connectivity index (χ2v) is 5.98. The van der Waals surface area contributed by atoms with Gasteiger partial charge >= 0.3 is 56.3 Å². The number of rotatable bonds is 0.